The fourth-order valence-corrected chi connectivity index (χ4v) is 6.27. The maximum Gasteiger partial charge on any atom is 0.305 e. The van der Waals surface area contributed by atoms with Gasteiger partial charge in [0.25, 0.3) is 0 Å². The Hall–Kier alpha value is -3.29. The van der Waals surface area contributed by atoms with E-state index in [0.29, 0.717) is 71.2 Å². The lowest BCUT2D eigenvalue weighted by atomic mass is 9.71. The summed E-state index contributed by atoms with van der Waals surface area (Å²) in [4.78, 5) is 40.2. The van der Waals surface area contributed by atoms with Crippen LogP contribution in [0.1, 0.15) is 62.0 Å². The predicted molar refractivity (Wildman–Crippen MR) is 147 cm³/mol. The van der Waals surface area contributed by atoms with E-state index >= 15 is 0 Å². The minimum atomic E-state index is -0.911. The third kappa shape index (κ3) is 5.43. The molecule has 9 heteroatoms. The van der Waals surface area contributed by atoms with Crippen LogP contribution in [0.15, 0.2) is 58.9 Å². The summed E-state index contributed by atoms with van der Waals surface area (Å²) in [6.45, 7) is 0.443. The van der Waals surface area contributed by atoms with Crippen molar-refractivity contribution < 1.29 is 29.0 Å². The summed E-state index contributed by atoms with van der Waals surface area (Å²) in [6.07, 6.45) is 3.47. The second-order valence-corrected chi connectivity index (χ2v) is 10.8. The molecule has 0 amide bonds. The molecule has 0 saturated heterocycles. The van der Waals surface area contributed by atoms with Crippen LogP contribution in [0.4, 0.5) is 0 Å². The van der Waals surface area contributed by atoms with E-state index in [2.05, 4.69) is 0 Å². The highest BCUT2D eigenvalue weighted by Crippen LogP contribution is 2.50. The van der Waals surface area contributed by atoms with Crippen LogP contribution in [0.25, 0.3) is 0 Å². The van der Waals surface area contributed by atoms with Crippen molar-refractivity contribution in [2.24, 2.45) is 0 Å². The molecule has 3 aliphatic rings. The highest BCUT2D eigenvalue weighted by molar-refractivity contribution is 6.35. The Morgan fingerprint density at radius 1 is 0.949 bits per heavy atom. The topological polar surface area (TPSA) is 93.1 Å². The van der Waals surface area contributed by atoms with E-state index in [4.69, 9.17) is 32.7 Å². The van der Waals surface area contributed by atoms with Gasteiger partial charge in [-0.2, -0.15) is 0 Å². The van der Waals surface area contributed by atoms with Crippen LogP contribution >= 0.6 is 23.2 Å². The van der Waals surface area contributed by atoms with Crippen molar-refractivity contribution in [1.29, 1.82) is 0 Å². The summed E-state index contributed by atoms with van der Waals surface area (Å²) in [5.74, 6) is -0.455. The van der Waals surface area contributed by atoms with E-state index in [1.54, 1.807) is 31.4 Å². The number of methoxy groups -OCH3 is 1. The molecule has 0 aromatic heterocycles. The van der Waals surface area contributed by atoms with Gasteiger partial charge < -0.3 is 19.5 Å². The normalized spacial score (nSPS) is 17.8. The van der Waals surface area contributed by atoms with Gasteiger partial charge in [-0.05, 0) is 55.5 Å². The van der Waals surface area contributed by atoms with Gasteiger partial charge in [0.05, 0.1) is 13.5 Å². The van der Waals surface area contributed by atoms with Crippen LogP contribution in [0.3, 0.4) is 0 Å². The van der Waals surface area contributed by atoms with Crippen molar-refractivity contribution in [2.75, 3.05) is 13.7 Å². The second kappa shape index (κ2) is 11.4. The summed E-state index contributed by atoms with van der Waals surface area (Å²) >= 11 is 12.3. The number of Topliss-reactive ketones (excluding diaryl/α,β-unsaturated/α-hetero) is 2. The molecule has 0 unspecified atom stereocenters. The standard InChI is InChI=1S/C30H29Cl2NO6/c1-38-26-14-17(9-11-25(26)39-16-18-8-10-19(31)15-20(18)32)28-29-21(4-2-6-23(29)34)33(13-12-27(36)37)22-5-3-7-24(35)30(22)28/h8-11,14-15,28H,2-7,12-13,16H2,1H3,(H,36,37). The molecule has 39 heavy (non-hydrogen) atoms. The number of aliphatic carboxylic acids is 1. The van der Waals surface area contributed by atoms with Crippen molar-refractivity contribution in [3.8, 4) is 11.5 Å². The lowest BCUT2D eigenvalue weighted by Crippen LogP contribution is -2.39. The smallest absolute Gasteiger partial charge is 0.305 e. The van der Waals surface area contributed by atoms with Crippen LogP contribution in [-0.2, 0) is 21.0 Å². The minimum Gasteiger partial charge on any atom is -0.493 e. The zero-order valence-corrected chi connectivity index (χ0v) is 23.1. The zero-order valence-electron chi connectivity index (χ0n) is 21.6. The Morgan fingerprint density at radius 2 is 1.62 bits per heavy atom. The first kappa shape index (κ1) is 27.3. The highest BCUT2D eigenvalue weighted by Gasteiger charge is 2.43. The molecule has 0 atom stereocenters. The average molecular weight is 570 g/mol. The van der Waals surface area contributed by atoms with Gasteiger partial charge in [0.15, 0.2) is 23.1 Å². The number of hydrogen-bond donors (Lipinski definition) is 1. The number of ether oxygens (including phenoxy) is 2. The molecule has 2 aromatic rings. The second-order valence-electron chi connectivity index (χ2n) is 9.94. The van der Waals surface area contributed by atoms with Crippen LogP contribution < -0.4 is 9.47 Å². The fourth-order valence-electron chi connectivity index (χ4n) is 5.80. The van der Waals surface area contributed by atoms with Gasteiger partial charge in [-0.1, -0.05) is 35.3 Å². The Balaban J connectivity index is 1.54. The van der Waals surface area contributed by atoms with E-state index in [1.165, 1.54) is 0 Å². The molecule has 7 nitrogen and oxygen atoms in total. The third-order valence-electron chi connectivity index (χ3n) is 7.56. The molecule has 1 heterocycles. The number of rotatable bonds is 8. The van der Waals surface area contributed by atoms with Crippen molar-refractivity contribution in [3.05, 3.63) is 80.1 Å². The van der Waals surface area contributed by atoms with Crippen LogP contribution in [0.2, 0.25) is 10.0 Å². The first-order valence-electron chi connectivity index (χ1n) is 13.0. The van der Waals surface area contributed by atoms with Crippen LogP contribution in [0.5, 0.6) is 11.5 Å². The van der Waals surface area contributed by atoms with E-state index in [-0.39, 0.29) is 31.1 Å². The first-order chi connectivity index (χ1) is 18.8. The third-order valence-corrected chi connectivity index (χ3v) is 8.14. The number of carbonyl (C=O) groups excluding carboxylic acids is 2. The van der Waals surface area contributed by atoms with Gasteiger partial charge in [0.1, 0.15) is 6.61 Å². The number of allylic oxidation sites excluding steroid dienone is 4. The molecule has 0 bridgehead atoms. The van der Waals surface area contributed by atoms with Gasteiger partial charge in [-0.15, -0.1) is 0 Å². The summed E-state index contributed by atoms with van der Waals surface area (Å²) in [6, 6.07) is 10.7. The number of carboxylic acids is 1. The number of carboxylic acid groups (broad SMARTS) is 1. The molecular weight excluding hydrogens is 541 g/mol. The average Bonchev–Trinajstić information content (AvgIpc) is 2.91. The maximum atomic E-state index is 13.4. The molecule has 0 fully saturated rings. The molecule has 0 spiro atoms. The lowest BCUT2D eigenvalue weighted by molar-refractivity contribution is -0.137. The number of ketones is 2. The maximum absolute atomic E-state index is 13.4. The zero-order chi connectivity index (χ0) is 27.7. The number of benzene rings is 2. The van der Waals surface area contributed by atoms with Crippen molar-refractivity contribution in [2.45, 2.75) is 57.5 Å². The summed E-state index contributed by atoms with van der Waals surface area (Å²) in [7, 11) is 1.54. The molecule has 1 N–H and O–H groups in total. The summed E-state index contributed by atoms with van der Waals surface area (Å²) in [5, 5.41) is 10.4. The number of hydrogen-bond acceptors (Lipinski definition) is 6. The predicted octanol–water partition coefficient (Wildman–Crippen LogP) is 6.47. The SMILES string of the molecule is COc1cc(C2C3=C(CCCC3=O)N(CCC(=O)O)C3=C2C(=O)CCC3)ccc1OCc1ccc(Cl)cc1Cl. The monoisotopic (exact) mass is 569 g/mol. The van der Waals surface area contributed by atoms with E-state index < -0.39 is 11.9 Å². The quantitative estimate of drug-likeness (QED) is 0.389. The Labute approximate surface area is 237 Å². The van der Waals surface area contributed by atoms with E-state index in [0.717, 1.165) is 22.5 Å². The van der Waals surface area contributed by atoms with Crippen LogP contribution in [-0.4, -0.2) is 41.2 Å². The van der Waals surface area contributed by atoms with Crippen LogP contribution in [0, 0.1) is 0 Å². The Morgan fingerprint density at radius 3 is 2.21 bits per heavy atom. The minimum absolute atomic E-state index is 0.00294. The summed E-state index contributed by atoms with van der Waals surface area (Å²) in [5.41, 5.74) is 4.44. The Kier molecular flexibility index (Phi) is 8.01. The highest BCUT2D eigenvalue weighted by atomic mass is 35.5. The number of halogens is 2. The molecule has 0 radical (unpaired) electrons. The lowest BCUT2D eigenvalue weighted by Gasteiger charge is -2.44. The van der Waals surface area contributed by atoms with Gasteiger partial charge in [-0.3, -0.25) is 14.4 Å². The van der Waals surface area contributed by atoms with Gasteiger partial charge in [0.2, 0.25) is 0 Å². The van der Waals surface area contributed by atoms with Gasteiger partial charge >= 0.3 is 5.97 Å². The molecule has 5 rings (SSSR count). The molecular formula is C30H29Cl2NO6. The van der Waals surface area contributed by atoms with E-state index in [1.807, 2.05) is 17.0 Å². The van der Waals surface area contributed by atoms with E-state index in [9.17, 15) is 19.5 Å². The molecule has 2 aromatic carbocycles. The van der Waals surface area contributed by atoms with Crippen molar-refractivity contribution >= 4 is 40.7 Å². The number of nitrogens with zero attached hydrogens (tertiary/aromatic N) is 1. The summed E-state index contributed by atoms with van der Waals surface area (Å²) < 4.78 is 11.7. The Bertz CT molecular complexity index is 1370. The van der Waals surface area contributed by atoms with Gasteiger partial charge in [0, 0.05) is 63.5 Å². The number of carbonyl (C=O) groups is 3. The molecule has 204 valence electrons. The molecule has 1 aliphatic heterocycles. The molecule has 2 aliphatic carbocycles. The first-order valence-corrected chi connectivity index (χ1v) is 13.8. The molecule has 0 saturated carbocycles. The van der Waals surface area contributed by atoms with Crippen molar-refractivity contribution in [1.82, 2.24) is 4.90 Å². The van der Waals surface area contributed by atoms with Crippen molar-refractivity contribution in [3.63, 3.8) is 0 Å². The fraction of sp³-hybridized carbons (Fsp3) is 0.367. The largest absolute Gasteiger partial charge is 0.493 e. The van der Waals surface area contributed by atoms with Gasteiger partial charge in [-0.25, -0.2) is 0 Å².